The monoisotopic (exact) mass is 244 g/mol. The van der Waals surface area contributed by atoms with Gasteiger partial charge in [0.25, 0.3) is 0 Å². The number of aromatic amines is 1. The molecule has 90 valence electrons. The van der Waals surface area contributed by atoms with Crippen LogP contribution >= 0.6 is 12.0 Å². The molecule has 1 aromatic rings. The standard InChI is InChI=1S/C9H16N4O2S/c10-8(4-7-5-11-6-13-7)9(14)12-2-1-3-16-15/h5-6,8,15H,1-4,10H2,(H,11,13)(H,12,14). The van der Waals surface area contributed by atoms with Gasteiger partial charge in [-0.05, 0) is 18.5 Å². The van der Waals surface area contributed by atoms with Gasteiger partial charge in [-0.15, -0.1) is 0 Å². The van der Waals surface area contributed by atoms with Crippen molar-refractivity contribution in [3.8, 4) is 0 Å². The molecule has 16 heavy (non-hydrogen) atoms. The second kappa shape index (κ2) is 7.26. The number of carbonyl (C=O) groups is 1. The number of amides is 1. The fourth-order valence-electron chi connectivity index (χ4n) is 1.21. The maximum absolute atomic E-state index is 11.5. The van der Waals surface area contributed by atoms with Crippen molar-refractivity contribution in [2.24, 2.45) is 5.73 Å². The normalized spacial score (nSPS) is 12.4. The minimum atomic E-state index is -0.567. The number of hydrogen-bond donors (Lipinski definition) is 4. The quantitative estimate of drug-likeness (QED) is 0.399. The summed E-state index contributed by atoms with van der Waals surface area (Å²) < 4.78 is 8.48. The lowest BCUT2D eigenvalue weighted by atomic mass is 10.1. The van der Waals surface area contributed by atoms with Gasteiger partial charge in [0, 0.05) is 30.6 Å². The van der Waals surface area contributed by atoms with Crippen LogP contribution in [0.5, 0.6) is 0 Å². The second-order valence-electron chi connectivity index (χ2n) is 3.37. The molecule has 0 aliphatic heterocycles. The molecule has 0 spiro atoms. The van der Waals surface area contributed by atoms with Crippen molar-refractivity contribution < 1.29 is 9.35 Å². The van der Waals surface area contributed by atoms with E-state index in [1.54, 1.807) is 12.5 Å². The SMILES string of the molecule is NC(Cc1cnc[nH]1)C(=O)NCCCSO. The number of aromatic nitrogens is 2. The average Bonchev–Trinajstić information content (AvgIpc) is 2.76. The number of nitrogens with two attached hydrogens (primary N) is 1. The van der Waals surface area contributed by atoms with E-state index in [4.69, 9.17) is 10.3 Å². The Hall–Kier alpha value is -1.05. The van der Waals surface area contributed by atoms with Crippen LogP contribution in [0.4, 0.5) is 0 Å². The van der Waals surface area contributed by atoms with Crippen LogP contribution in [0, 0.1) is 0 Å². The molecule has 0 aliphatic rings. The first-order valence-electron chi connectivity index (χ1n) is 5.01. The van der Waals surface area contributed by atoms with E-state index in [1.165, 1.54) is 0 Å². The van der Waals surface area contributed by atoms with Crippen LogP contribution in [0.1, 0.15) is 12.1 Å². The Kier molecular flexibility index (Phi) is 5.91. The first kappa shape index (κ1) is 13.0. The third-order valence-electron chi connectivity index (χ3n) is 2.04. The van der Waals surface area contributed by atoms with E-state index in [1.807, 2.05) is 0 Å². The van der Waals surface area contributed by atoms with Crippen molar-refractivity contribution in [2.45, 2.75) is 18.9 Å². The van der Waals surface area contributed by atoms with E-state index in [0.29, 0.717) is 18.7 Å². The van der Waals surface area contributed by atoms with Crippen LogP contribution in [0.3, 0.4) is 0 Å². The molecule has 0 fully saturated rings. The number of nitrogens with one attached hydrogen (secondary N) is 2. The molecule has 1 heterocycles. The largest absolute Gasteiger partial charge is 0.355 e. The number of hydrogen-bond acceptors (Lipinski definition) is 5. The molecule has 0 radical (unpaired) electrons. The summed E-state index contributed by atoms with van der Waals surface area (Å²) >= 11 is 0.770. The molecule has 1 aromatic heterocycles. The van der Waals surface area contributed by atoms with E-state index in [2.05, 4.69) is 15.3 Å². The molecule has 0 bridgehead atoms. The van der Waals surface area contributed by atoms with Crippen LogP contribution in [0.25, 0.3) is 0 Å². The van der Waals surface area contributed by atoms with E-state index in [0.717, 1.165) is 24.2 Å². The highest BCUT2D eigenvalue weighted by molar-refractivity contribution is 7.93. The van der Waals surface area contributed by atoms with Crippen molar-refractivity contribution in [1.29, 1.82) is 0 Å². The lowest BCUT2D eigenvalue weighted by Gasteiger charge is -2.10. The molecule has 7 heteroatoms. The third kappa shape index (κ3) is 4.65. The molecule has 1 rings (SSSR count). The zero-order valence-electron chi connectivity index (χ0n) is 8.85. The highest BCUT2D eigenvalue weighted by Gasteiger charge is 2.13. The van der Waals surface area contributed by atoms with Gasteiger partial charge in [-0.2, -0.15) is 0 Å². The smallest absolute Gasteiger partial charge is 0.237 e. The summed E-state index contributed by atoms with van der Waals surface area (Å²) in [6.45, 7) is 0.531. The van der Waals surface area contributed by atoms with Crippen molar-refractivity contribution in [1.82, 2.24) is 15.3 Å². The van der Waals surface area contributed by atoms with Gasteiger partial charge in [0.1, 0.15) is 0 Å². The molecular weight excluding hydrogens is 228 g/mol. The van der Waals surface area contributed by atoms with Gasteiger partial charge in [0.15, 0.2) is 0 Å². The van der Waals surface area contributed by atoms with E-state index in [9.17, 15) is 4.79 Å². The van der Waals surface area contributed by atoms with Crippen LogP contribution in [0.15, 0.2) is 12.5 Å². The topological polar surface area (TPSA) is 104 Å². The number of carbonyl (C=O) groups excluding carboxylic acids is 1. The molecule has 1 atom stereocenters. The Morgan fingerprint density at radius 1 is 1.75 bits per heavy atom. The Morgan fingerprint density at radius 2 is 2.56 bits per heavy atom. The number of imidazole rings is 1. The number of H-pyrrole nitrogens is 1. The maximum atomic E-state index is 11.5. The third-order valence-corrected chi connectivity index (χ3v) is 2.51. The van der Waals surface area contributed by atoms with Crippen LogP contribution in [-0.4, -0.2) is 38.8 Å². The molecule has 0 aromatic carbocycles. The molecule has 1 amide bonds. The van der Waals surface area contributed by atoms with Crippen LogP contribution in [0.2, 0.25) is 0 Å². The molecule has 0 aliphatic carbocycles. The fourth-order valence-corrected chi connectivity index (χ4v) is 1.48. The first-order valence-corrected chi connectivity index (χ1v) is 5.95. The van der Waals surface area contributed by atoms with Crippen molar-refractivity contribution in [2.75, 3.05) is 12.3 Å². The summed E-state index contributed by atoms with van der Waals surface area (Å²) in [4.78, 5) is 18.2. The van der Waals surface area contributed by atoms with Gasteiger partial charge in [-0.3, -0.25) is 4.79 Å². The second-order valence-corrected chi connectivity index (χ2v) is 4.03. The average molecular weight is 244 g/mol. The molecule has 1 unspecified atom stereocenters. The van der Waals surface area contributed by atoms with E-state index in [-0.39, 0.29) is 5.91 Å². The maximum Gasteiger partial charge on any atom is 0.237 e. The fraction of sp³-hybridized carbons (Fsp3) is 0.556. The summed E-state index contributed by atoms with van der Waals surface area (Å²) in [5.74, 6) is 0.424. The molecule has 6 nitrogen and oxygen atoms in total. The molecular formula is C9H16N4O2S. The summed E-state index contributed by atoms with van der Waals surface area (Å²) in [7, 11) is 0. The van der Waals surface area contributed by atoms with Gasteiger partial charge in [-0.25, -0.2) is 4.98 Å². The molecule has 0 saturated heterocycles. The highest BCUT2D eigenvalue weighted by atomic mass is 32.2. The zero-order valence-corrected chi connectivity index (χ0v) is 9.67. The van der Waals surface area contributed by atoms with Gasteiger partial charge < -0.3 is 20.6 Å². The van der Waals surface area contributed by atoms with Crippen LogP contribution < -0.4 is 11.1 Å². The predicted molar refractivity (Wildman–Crippen MR) is 63.0 cm³/mol. The minimum Gasteiger partial charge on any atom is -0.355 e. The number of nitrogens with zero attached hydrogens (tertiary/aromatic N) is 1. The Balaban J connectivity index is 2.20. The summed E-state index contributed by atoms with van der Waals surface area (Å²) in [5.41, 5.74) is 6.55. The summed E-state index contributed by atoms with van der Waals surface area (Å²) in [5, 5.41) is 2.71. The van der Waals surface area contributed by atoms with Crippen molar-refractivity contribution >= 4 is 17.9 Å². The lowest BCUT2D eigenvalue weighted by Crippen LogP contribution is -2.42. The predicted octanol–water partition coefficient (Wildman–Crippen LogP) is -0.00800. The van der Waals surface area contributed by atoms with Crippen molar-refractivity contribution in [3.63, 3.8) is 0 Å². The first-order chi connectivity index (χ1) is 7.74. The molecule has 5 N–H and O–H groups in total. The lowest BCUT2D eigenvalue weighted by molar-refractivity contribution is -0.122. The zero-order chi connectivity index (χ0) is 11.8. The van der Waals surface area contributed by atoms with Gasteiger partial charge in [0.05, 0.1) is 12.4 Å². The van der Waals surface area contributed by atoms with Gasteiger partial charge >= 0.3 is 0 Å². The Morgan fingerprint density at radius 3 is 3.19 bits per heavy atom. The van der Waals surface area contributed by atoms with Crippen LogP contribution in [-0.2, 0) is 11.2 Å². The Bertz CT molecular complexity index is 304. The van der Waals surface area contributed by atoms with Gasteiger partial charge in [0.2, 0.25) is 5.91 Å². The summed E-state index contributed by atoms with van der Waals surface area (Å²) in [6, 6.07) is -0.567. The Labute approximate surface area is 98.2 Å². The van der Waals surface area contributed by atoms with E-state index < -0.39 is 6.04 Å². The van der Waals surface area contributed by atoms with Crippen molar-refractivity contribution in [3.05, 3.63) is 18.2 Å². The van der Waals surface area contributed by atoms with E-state index >= 15 is 0 Å². The minimum absolute atomic E-state index is 0.183. The summed E-state index contributed by atoms with van der Waals surface area (Å²) in [6.07, 6.45) is 4.37. The molecule has 0 saturated carbocycles. The highest BCUT2D eigenvalue weighted by Crippen LogP contribution is 1.97. The number of rotatable bonds is 7. The van der Waals surface area contributed by atoms with Gasteiger partial charge in [-0.1, -0.05) is 0 Å².